The summed E-state index contributed by atoms with van der Waals surface area (Å²) in [7, 11) is 0. The topological polar surface area (TPSA) is 70.4 Å². The normalized spacial score (nSPS) is 10.5. The Morgan fingerprint density at radius 2 is 2.13 bits per heavy atom. The molecule has 0 spiro atoms. The first kappa shape index (κ1) is 9.73. The van der Waals surface area contributed by atoms with E-state index in [1.54, 1.807) is 18.2 Å². The van der Waals surface area contributed by atoms with E-state index in [0.717, 1.165) is 6.20 Å². The fourth-order valence-corrected chi connectivity index (χ4v) is 1.60. The van der Waals surface area contributed by atoms with Gasteiger partial charge in [-0.05, 0) is 12.1 Å². The first-order valence-electron chi connectivity index (χ1n) is 4.10. The molecule has 76 valence electrons. The van der Waals surface area contributed by atoms with Crippen LogP contribution in [-0.4, -0.2) is 21.2 Å². The molecule has 0 saturated heterocycles. The molecule has 0 amide bonds. The molecule has 0 radical (unpaired) electrons. The van der Waals surface area contributed by atoms with Crippen molar-refractivity contribution in [1.29, 1.82) is 0 Å². The molecule has 0 aliphatic carbocycles. The molecular formula is C10H6ClNO3. The average molecular weight is 224 g/mol. The Hall–Kier alpha value is -1.81. The molecule has 0 aliphatic heterocycles. The van der Waals surface area contributed by atoms with Crippen molar-refractivity contribution in [1.82, 2.24) is 4.98 Å². The van der Waals surface area contributed by atoms with Crippen molar-refractivity contribution in [3.63, 3.8) is 0 Å². The van der Waals surface area contributed by atoms with Gasteiger partial charge in [0.1, 0.15) is 11.3 Å². The predicted octanol–water partition coefficient (Wildman–Crippen LogP) is 2.29. The predicted molar refractivity (Wildman–Crippen MR) is 55.4 cm³/mol. The van der Waals surface area contributed by atoms with Crippen LogP contribution in [0.1, 0.15) is 10.4 Å². The van der Waals surface area contributed by atoms with Gasteiger partial charge < -0.3 is 10.2 Å². The van der Waals surface area contributed by atoms with Crippen LogP contribution < -0.4 is 0 Å². The lowest BCUT2D eigenvalue weighted by Gasteiger charge is -2.04. The van der Waals surface area contributed by atoms with Crippen LogP contribution in [0.2, 0.25) is 5.02 Å². The molecule has 0 atom stereocenters. The summed E-state index contributed by atoms with van der Waals surface area (Å²) in [6.07, 6.45) is 1.11. The van der Waals surface area contributed by atoms with Crippen LogP contribution in [0.15, 0.2) is 24.4 Å². The Labute approximate surface area is 89.8 Å². The standard InChI is InChI=1S/C10H6ClNO3/c11-6-2-1-3-7-8(6)9(13)5(4-12-7)10(14)15/h1-4H,(H,12,13)(H,14,15). The molecule has 15 heavy (non-hydrogen) atoms. The second-order valence-electron chi connectivity index (χ2n) is 2.96. The first-order valence-corrected chi connectivity index (χ1v) is 4.48. The minimum Gasteiger partial charge on any atom is -0.506 e. The highest BCUT2D eigenvalue weighted by molar-refractivity contribution is 6.36. The molecule has 0 aliphatic rings. The number of carboxylic acid groups (broad SMARTS) is 1. The van der Waals surface area contributed by atoms with Gasteiger partial charge in [0.2, 0.25) is 0 Å². The molecular weight excluding hydrogens is 218 g/mol. The summed E-state index contributed by atoms with van der Waals surface area (Å²) >= 11 is 5.85. The molecule has 0 saturated carbocycles. The number of nitrogens with zero attached hydrogens (tertiary/aromatic N) is 1. The van der Waals surface area contributed by atoms with E-state index in [1.165, 1.54) is 0 Å². The molecule has 4 nitrogen and oxygen atoms in total. The first-order chi connectivity index (χ1) is 7.11. The molecule has 2 aromatic rings. The molecule has 1 heterocycles. The summed E-state index contributed by atoms with van der Waals surface area (Å²) in [5, 5.41) is 19.0. The Morgan fingerprint density at radius 3 is 2.80 bits per heavy atom. The molecule has 0 bridgehead atoms. The summed E-state index contributed by atoms with van der Waals surface area (Å²) in [5.41, 5.74) is 0.209. The summed E-state index contributed by atoms with van der Waals surface area (Å²) in [6.45, 7) is 0. The van der Waals surface area contributed by atoms with Crippen LogP contribution in [0, 0.1) is 0 Å². The van der Waals surface area contributed by atoms with Crippen LogP contribution in [0.4, 0.5) is 0 Å². The van der Waals surface area contributed by atoms with E-state index in [2.05, 4.69) is 4.98 Å². The number of carboxylic acids is 1. The Bertz CT molecular complexity index is 554. The van der Waals surface area contributed by atoms with Crippen LogP contribution in [-0.2, 0) is 0 Å². The maximum atomic E-state index is 10.7. The van der Waals surface area contributed by atoms with Gasteiger partial charge in [-0.15, -0.1) is 0 Å². The lowest BCUT2D eigenvalue weighted by molar-refractivity contribution is 0.0693. The van der Waals surface area contributed by atoms with Crippen LogP contribution in [0.3, 0.4) is 0 Å². The second kappa shape index (κ2) is 3.40. The van der Waals surface area contributed by atoms with Gasteiger partial charge in [0.05, 0.1) is 15.9 Å². The second-order valence-corrected chi connectivity index (χ2v) is 3.37. The van der Waals surface area contributed by atoms with Crippen LogP contribution in [0.25, 0.3) is 10.9 Å². The van der Waals surface area contributed by atoms with Crippen molar-refractivity contribution in [3.05, 3.63) is 35.0 Å². The summed E-state index contributed by atoms with van der Waals surface area (Å²) < 4.78 is 0. The van der Waals surface area contributed by atoms with Crippen molar-refractivity contribution in [3.8, 4) is 5.75 Å². The van der Waals surface area contributed by atoms with Crippen molar-refractivity contribution in [2.75, 3.05) is 0 Å². The third-order valence-corrected chi connectivity index (χ3v) is 2.36. The zero-order valence-electron chi connectivity index (χ0n) is 7.44. The van der Waals surface area contributed by atoms with Gasteiger partial charge in [-0.3, -0.25) is 4.98 Å². The molecule has 1 aromatic heterocycles. The average Bonchev–Trinajstić information content (AvgIpc) is 2.17. The SMILES string of the molecule is O=C(O)c1cnc2cccc(Cl)c2c1O. The summed E-state index contributed by atoms with van der Waals surface area (Å²) in [6, 6.07) is 4.89. The number of halogens is 1. The number of hydrogen-bond donors (Lipinski definition) is 2. The third-order valence-electron chi connectivity index (χ3n) is 2.05. The third kappa shape index (κ3) is 1.49. The lowest BCUT2D eigenvalue weighted by Crippen LogP contribution is -1.98. The van der Waals surface area contributed by atoms with Crippen molar-refractivity contribution in [2.45, 2.75) is 0 Å². The largest absolute Gasteiger partial charge is 0.506 e. The van der Waals surface area contributed by atoms with E-state index in [-0.39, 0.29) is 21.7 Å². The minimum absolute atomic E-state index is 0.254. The molecule has 0 fully saturated rings. The molecule has 5 heteroatoms. The van der Waals surface area contributed by atoms with Crippen molar-refractivity contribution >= 4 is 28.5 Å². The highest BCUT2D eigenvalue weighted by Crippen LogP contribution is 2.32. The van der Waals surface area contributed by atoms with Gasteiger partial charge in [-0.25, -0.2) is 4.79 Å². The van der Waals surface area contributed by atoms with Gasteiger partial charge in [-0.2, -0.15) is 0 Å². The number of aromatic nitrogens is 1. The summed E-state index contributed by atoms with van der Waals surface area (Å²) in [4.78, 5) is 14.6. The monoisotopic (exact) mass is 223 g/mol. The molecule has 0 unspecified atom stereocenters. The number of benzene rings is 1. The maximum Gasteiger partial charge on any atom is 0.341 e. The van der Waals surface area contributed by atoms with Crippen LogP contribution in [0.5, 0.6) is 5.75 Å². The maximum absolute atomic E-state index is 10.7. The minimum atomic E-state index is -1.23. The quantitative estimate of drug-likeness (QED) is 0.778. The van der Waals surface area contributed by atoms with E-state index in [1.807, 2.05) is 0 Å². The number of aromatic hydroxyl groups is 1. The van der Waals surface area contributed by atoms with Crippen LogP contribution >= 0.6 is 11.6 Å². The summed E-state index contributed by atoms with van der Waals surface area (Å²) in [5.74, 6) is -1.58. The number of hydrogen-bond acceptors (Lipinski definition) is 3. The van der Waals surface area contributed by atoms with Crippen molar-refractivity contribution < 1.29 is 15.0 Å². The number of aromatic carboxylic acids is 1. The highest BCUT2D eigenvalue weighted by Gasteiger charge is 2.15. The van der Waals surface area contributed by atoms with Gasteiger partial charge in [0.25, 0.3) is 0 Å². The molecule has 2 N–H and O–H groups in total. The van der Waals surface area contributed by atoms with E-state index in [0.29, 0.717) is 5.52 Å². The highest BCUT2D eigenvalue weighted by atomic mass is 35.5. The van der Waals surface area contributed by atoms with Gasteiger partial charge in [0.15, 0.2) is 0 Å². The Morgan fingerprint density at radius 1 is 1.40 bits per heavy atom. The fourth-order valence-electron chi connectivity index (χ4n) is 1.34. The zero-order valence-corrected chi connectivity index (χ0v) is 8.19. The smallest absolute Gasteiger partial charge is 0.341 e. The number of rotatable bonds is 1. The zero-order chi connectivity index (χ0) is 11.0. The van der Waals surface area contributed by atoms with E-state index < -0.39 is 5.97 Å². The van der Waals surface area contributed by atoms with E-state index >= 15 is 0 Å². The Balaban J connectivity index is 2.89. The van der Waals surface area contributed by atoms with E-state index in [9.17, 15) is 9.90 Å². The van der Waals surface area contributed by atoms with Gasteiger partial charge >= 0.3 is 5.97 Å². The lowest BCUT2D eigenvalue weighted by atomic mass is 10.1. The molecule has 2 rings (SSSR count). The number of pyridine rings is 1. The fraction of sp³-hybridized carbons (Fsp3) is 0. The van der Waals surface area contributed by atoms with Crippen molar-refractivity contribution in [2.24, 2.45) is 0 Å². The number of fused-ring (bicyclic) bond motifs is 1. The number of carbonyl (C=O) groups is 1. The van der Waals surface area contributed by atoms with Gasteiger partial charge in [0, 0.05) is 6.20 Å². The van der Waals surface area contributed by atoms with Gasteiger partial charge in [-0.1, -0.05) is 17.7 Å². The van der Waals surface area contributed by atoms with E-state index in [4.69, 9.17) is 16.7 Å². The Kier molecular flexibility index (Phi) is 2.21. The molecule has 1 aromatic carbocycles.